The molecule has 0 fully saturated rings. The number of hydrogen-bond donors (Lipinski definition) is 0. The second-order valence-corrected chi connectivity index (χ2v) is 4.37. The molecule has 0 saturated carbocycles. The Hall–Kier alpha value is -1.22. The van der Waals surface area contributed by atoms with Gasteiger partial charge in [0.05, 0.1) is 6.61 Å². The number of fused-ring (bicyclic) bond motifs is 1. The molecule has 0 amide bonds. The number of hydrogen-bond acceptors (Lipinski definition) is 3. The first-order valence-electron chi connectivity index (χ1n) is 6.17. The fraction of sp³-hybridized carbons (Fsp3) is 0.571. The number of benzene rings is 1. The summed E-state index contributed by atoms with van der Waals surface area (Å²) in [5, 5.41) is 0. The molecule has 0 atom stereocenters. The molecule has 0 radical (unpaired) electrons. The van der Waals surface area contributed by atoms with Gasteiger partial charge in [0, 0.05) is 19.1 Å². The highest BCUT2D eigenvalue weighted by Gasteiger charge is 2.20. The van der Waals surface area contributed by atoms with Gasteiger partial charge in [-0.25, -0.2) is 0 Å². The van der Waals surface area contributed by atoms with Crippen LogP contribution in [-0.4, -0.2) is 20.5 Å². The Labute approximate surface area is 103 Å². The average molecular weight is 236 g/mol. The molecule has 1 aliphatic heterocycles. The van der Waals surface area contributed by atoms with Crippen LogP contribution in [0.3, 0.4) is 0 Å². The maximum atomic E-state index is 5.72. The zero-order valence-corrected chi connectivity index (χ0v) is 10.8. The van der Waals surface area contributed by atoms with Crippen molar-refractivity contribution in [1.82, 2.24) is 0 Å². The molecule has 0 aliphatic carbocycles. The summed E-state index contributed by atoms with van der Waals surface area (Å²) in [6, 6.07) is 2.13. The highest BCUT2D eigenvalue weighted by atomic mass is 16.7. The van der Waals surface area contributed by atoms with Gasteiger partial charge in [-0.05, 0) is 30.5 Å². The normalized spacial score (nSPS) is 13.4. The topological polar surface area (TPSA) is 27.7 Å². The van der Waals surface area contributed by atoms with Crippen LogP contribution in [0.1, 0.15) is 30.0 Å². The molecule has 1 aromatic rings. The molecule has 94 valence electrons. The molecule has 3 nitrogen and oxygen atoms in total. The molecule has 0 N–H and O–H groups in total. The summed E-state index contributed by atoms with van der Waals surface area (Å²) >= 11 is 0. The van der Waals surface area contributed by atoms with Crippen molar-refractivity contribution in [2.24, 2.45) is 0 Å². The van der Waals surface area contributed by atoms with Crippen LogP contribution in [0.25, 0.3) is 0 Å². The largest absolute Gasteiger partial charge is 0.493 e. The first-order valence-corrected chi connectivity index (χ1v) is 6.17. The Morgan fingerprint density at radius 1 is 1.41 bits per heavy atom. The summed E-state index contributed by atoms with van der Waals surface area (Å²) in [6.07, 6.45) is 3.09. The van der Waals surface area contributed by atoms with E-state index in [0.717, 1.165) is 37.4 Å². The van der Waals surface area contributed by atoms with Gasteiger partial charge in [0.2, 0.25) is 0 Å². The Balaban J connectivity index is 2.38. The van der Waals surface area contributed by atoms with Crippen LogP contribution in [-0.2, 0) is 17.6 Å². The minimum atomic E-state index is 0.303. The molecule has 0 aromatic heterocycles. The fourth-order valence-corrected chi connectivity index (χ4v) is 2.35. The molecule has 3 heteroatoms. The van der Waals surface area contributed by atoms with Crippen LogP contribution in [0.15, 0.2) is 6.07 Å². The van der Waals surface area contributed by atoms with Crippen molar-refractivity contribution in [3.05, 3.63) is 22.8 Å². The lowest BCUT2D eigenvalue weighted by Gasteiger charge is -2.16. The van der Waals surface area contributed by atoms with E-state index in [1.54, 1.807) is 7.11 Å². The molecule has 17 heavy (non-hydrogen) atoms. The highest BCUT2D eigenvalue weighted by Crippen LogP contribution is 2.37. The first kappa shape index (κ1) is 12.2. The Kier molecular flexibility index (Phi) is 3.89. The molecule has 1 heterocycles. The average Bonchev–Trinajstić information content (AvgIpc) is 2.77. The first-order chi connectivity index (χ1) is 8.27. The van der Waals surface area contributed by atoms with E-state index in [4.69, 9.17) is 14.2 Å². The summed E-state index contributed by atoms with van der Waals surface area (Å²) < 4.78 is 16.4. The van der Waals surface area contributed by atoms with Gasteiger partial charge in [-0.2, -0.15) is 0 Å². The van der Waals surface area contributed by atoms with Crippen LogP contribution in [0, 0.1) is 6.92 Å². The minimum Gasteiger partial charge on any atom is -0.493 e. The van der Waals surface area contributed by atoms with Gasteiger partial charge >= 0.3 is 0 Å². The lowest BCUT2D eigenvalue weighted by Crippen LogP contribution is -2.05. The molecule has 0 bridgehead atoms. The molecular weight excluding hydrogens is 216 g/mol. The van der Waals surface area contributed by atoms with Crippen LogP contribution >= 0.6 is 0 Å². The van der Waals surface area contributed by atoms with Crippen molar-refractivity contribution in [2.45, 2.75) is 33.1 Å². The third kappa shape index (κ3) is 2.39. The molecule has 1 aromatic carbocycles. The van der Waals surface area contributed by atoms with Gasteiger partial charge < -0.3 is 14.2 Å². The molecular formula is C14H20O3. The van der Waals surface area contributed by atoms with E-state index in [1.807, 2.05) is 0 Å². The van der Waals surface area contributed by atoms with Gasteiger partial charge in [-0.15, -0.1) is 0 Å². The molecule has 2 rings (SSSR count). The standard InChI is InChI=1S/C14H20O3/c1-4-5-11-8-13-12(6-7-16-13)10(2)14(11)17-9-15-3/h8H,4-7,9H2,1-3H3. The zero-order valence-electron chi connectivity index (χ0n) is 10.8. The summed E-state index contributed by atoms with van der Waals surface area (Å²) in [5.74, 6) is 2.02. The Morgan fingerprint density at radius 3 is 2.94 bits per heavy atom. The molecule has 0 spiro atoms. The molecule has 0 unspecified atom stereocenters. The minimum absolute atomic E-state index is 0.303. The second kappa shape index (κ2) is 5.41. The van der Waals surface area contributed by atoms with Crippen LogP contribution in [0.5, 0.6) is 11.5 Å². The summed E-state index contributed by atoms with van der Waals surface area (Å²) in [5.41, 5.74) is 3.72. The van der Waals surface area contributed by atoms with Crippen molar-refractivity contribution in [3.8, 4) is 11.5 Å². The zero-order chi connectivity index (χ0) is 12.3. The van der Waals surface area contributed by atoms with Crippen LogP contribution < -0.4 is 9.47 Å². The van der Waals surface area contributed by atoms with E-state index < -0.39 is 0 Å². The predicted octanol–water partition coefficient (Wildman–Crippen LogP) is 2.87. The van der Waals surface area contributed by atoms with Gasteiger partial charge in [0.25, 0.3) is 0 Å². The van der Waals surface area contributed by atoms with Gasteiger partial charge in [0.15, 0.2) is 6.79 Å². The predicted molar refractivity (Wildman–Crippen MR) is 66.9 cm³/mol. The van der Waals surface area contributed by atoms with Gasteiger partial charge in [0.1, 0.15) is 11.5 Å². The van der Waals surface area contributed by atoms with Crippen LogP contribution in [0.4, 0.5) is 0 Å². The van der Waals surface area contributed by atoms with Crippen molar-refractivity contribution >= 4 is 0 Å². The summed E-state index contributed by atoms with van der Waals surface area (Å²) in [4.78, 5) is 0. The monoisotopic (exact) mass is 236 g/mol. The van der Waals surface area contributed by atoms with E-state index in [9.17, 15) is 0 Å². The quantitative estimate of drug-likeness (QED) is 0.736. The maximum absolute atomic E-state index is 5.72. The number of methoxy groups -OCH3 is 1. The molecule has 0 saturated heterocycles. The summed E-state index contributed by atoms with van der Waals surface area (Å²) in [7, 11) is 1.64. The van der Waals surface area contributed by atoms with Crippen molar-refractivity contribution in [2.75, 3.05) is 20.5 Å². The van der Waals surface area contributed by atoms with Crippen LogP contribution in [0.2, 0.25) is 0 Å². The Bertz CT molecular complexity index is 399. The SMILES string of the molecule is CCCc1cc2c(c(C)c1OCOC)CCO2. The lowest BCUT2D eigenvalue weighted by molar-refractivity contribution is 0.0498. The van der Waals surface area contributed by atoms with E-state index in [-0.39, 0.29) is 0 Å². The van der Waals surface area contributed by atoms with Crippen molar-refractivity contribution in [1.29, 1.82) is 0 Å². The van der Waals surface area contributed by atoms with E-state index in [1.165, 1.54) is 16.7 Å². The van der Waals surface area contributed by atoms with E-state index >= 15 is 0 Å². The second-order valence-electron chi connectivity index (χ2n) is 4.37. The maximum Gasteiger partial charge on any atom is 0.188 e. The van der Waals surface area contributed by atoms with E-state index in [2.05, 4.69) is 19.9 Å². The van der Waals surface area contributed by atoms with Crippen molar-refractivity contribution < 1.29 is 14.2 Å². The number of aryl methyl sites for hydroxylation is 1. The molecule has 1 aliphatic rings. The highest BCUT2D eigenvalue weighted by molar-refractivity contribution is 5.54. The Morgan fingerprint density at radius 2 is 2.24 bits per heavy atom. The van der Waals surface area contributed by atoms with Crippen molar-refractivity contribution in [3.63, 3.8) is 0 Å². The summed E-state index contributed by atoms with van der Waals surface area (Å²) in [6.45, 7) is 5.37. The smallest absolute Gasteiger partial charge is 0.188 e. The van der Waals surface area contributed by atoms with E-state index in [0.29, 0.717) is 6.79 Å². The lowest BCUT2D eigenvalue weighted by atomic mass is 9.99. The third-order valence-corrected chi connectivity index (χ3v) is 3.14. The van der Waals surface area contributed by atoms with Gasteiger partial charge in [-0.1, -0.05) is 13.3 Å². The number of ether oxygens (including phenoxy) is 3. The number of rotatable bonds is 5. The van der Waals surface area contributed by atoms with Gasteiger partial charge in [-0.3, -0.25) is 0 Å². The fourth-order valence-electron chi connectivity index (χ4n) is 2.35. The third-order valence-electron chi connectivity index (χ3n) is 3.14.